The summed E-state index contributed by atoms with van der Waals surface area (Å²) in [6, 6.07) is 6.07. The normalized spacial score (nSPS) is 12.2. The van der Waals surface area contributed by atoms with Crippen LogP contribution in [0.1, 0.15) is 34.7 Å². The van der Waals surface area contributed by atoms with E-state index in [0.717, 1.165) is 16.1 Å². The molecule has 0 aliphatic rings. The highest BCUT2D eigenvalue weighted by Gasteiger charge is 2.13. The average molecular weight is 275 g/mol. The van der Waals surface area contributed by atoms with Crippen molar-refractivity contribution >= 4 is 17.2 Å². The molecular weight excluding hydrogens is 258 g/mol. The maximum absolute atomic E-state index is 12.0. The number of aryl methyl sites for hydroxylation is 2. The quantitative estimate of drug-likeness (QED) is 0.933. The van der Waals surface area contributed by atoms with Gasteiger partial charge in [-0.25, -0.2) is 0 Å². The fraction of sp³-hybridized carbons (Fsp3) is 0.357. The largest absolute Gasteiger partial charge is 0.347 e. The van der Waals surface area contributed by atoms with E-state index >= 15 is 0 Å². The van der Waals surface area contributed by atoms with Crippen LogP contribution in [0.4, 0.5) is 0 Å². The van der Waals surface area contributed by atoms with Crippen LogP contribution in [0.15, 0.2) is 23.7 Å². The van der Waals surface area contributed by atoms with E-state index in [1.165, 1.54) is 16.9 Å². The van der Waals surface area contributed by atoms with Gasteiger partial charge in [-0.1, -0.05) is 23.8 Å². The molecule has 1 aromatic carbocycles. The Balaban J connectivity index is 1.99. The molecule has 4 nitrogen and oxygen atoms in total. The fourth-order valence-electron chi connectivity index (χ4n) is 1.89. The minimum atomic E-state index is -0.0925. The first-order valence-corrected chi connectivity index (χ1v) is 7.06. The summed E-state index contributed by atoms with van der Waals surface area (Å²) in [7, 11) is 0. The third-order valence-electron chi connectivity index (χ3n) is 2.98. The Morgan fingerprint density at radius 3 is 2.89 bits per heavy atom. The van der Waals surface area contributed by atoms with Gasteiger partial charge in [0.05, 0.1) is 12.5 Å². The van der Waals surface area contributed by atoms with Crippen molar-refractivity contribution in [2.75, 3.05) is 0 Å². The highest BCUT2D eigenvalue weighted by molar-refractivity contribution is 7.09. The number of nitrogens with zero attached hydrogens (tertiary/aromatic N) is 2. The third kappa shape index (κ3) is 3.61. The molecule has 1 N–H and O–H groups in total. The summed E-state index contributed by atoms with van der Waals surface area (Å²) < 4.78 is 0. The van der Waals surface area contributed by atoms with Gasteiger partial charge in [0, 0.05) is 0 Å². The fourth-order valence-corrected chi connectivity index (χ4v) is 2.45. The molecule has 1 aromatic heterocycles. The number of benzene rings is 1. The van der Waals surface area contributed by atoms with E-state index in [1.807, 2.05) is 26.8 Å². The van der Waals surface area contributed by atoms with Crippen molar-refractivity contribution in [2.45, 2.75) is 33.2 Å². The van der Waals surface area contributed by atoms with Gasteiger partial charge in [0.2, 0.25) is 5.91 Å². The average Bonchev–Trinajstić information content (AvgIpc) is 2.87. The first kappa shape index (κ1) is 13.7. The number of hydrogen-bond donors (Lipinski definition) is 1. The van der Waals surface area contributed by atoms with Gasteiger partial charge < -0.3 is 5.32 Å². The molecule has 1 heterocycles. The third-order valence-corrected chi connectivity index (χ3v) is 3.86. The van der Waals surface area contributed by atoms with Gasteiger partial charge in [-0.2, -0.15) is 0 Å². The molecule has 1 atom stereocenters. The molecule has 0 saturated heterocycles. The molecular formula is C14H17N3OS. The summed E-state index contributed by atoms with van der Waals surface area (Å²) >= 11 is 1.45. The van der Waals surface area contributed by atoms with Crippen molar-refractivity contribution < 1.29 is 4.79 Å². The van der Waals surface area contributed by atoms with Crippen molar-refractivity contribution in [1.29, 1.82) is 0 Å². The summed E-state index contributed by atoms with van der Waals surface area (Å²) in [5.41, 5.74) is 5.06. The molecule has 0 aliphatic carbocycles. The van der Waals surface area contributed by atoms with Crippen molar-refractivity contribution in [3.8, 4) is 0 Å². The Kier molecular flexibility index (Phi) is 4.27. The minimum Gasteiger partial charge on any atom is -0.347 e. The summed E-state index contributed by atoms with van der Waals surface area (Å²) in [5, 5.41) is 11.5. The molecule has 2 rings (SSSR count). The van der Waals surface area contributed by atoms with Crippen LogP contribution in [0, 0.1) is 13.8 Å². The van der Waals surface area contributed by atoms with Crippen LogP contribution in [-0.2, 0) is 11.2 Å². The molecule has 2 aromatic rings. The van der Waals surface area contributed by atoms with Gasteiger partial charge in [0.15, 0.2) is 0 Å². The monoisotopic (exact) mass is 275 g/mol. The predicted molar refractivity (Wildman–Crippen MR) is 76.1 cm³/mol. The maximum atomic E-state index is 12.0. The molecule has 0 radical (unpaired) electrons. The van der Waals surface area contributed by atoms with E-state index in [2.05, 4.69) is 27.6 Å². The molecule has 1 unspecified atom stereocenters. The van der Waals surface area contributed by atoms with Gasteiger partial charge >= 0.3 is 0 Å². The zero-order chi connectivity index (χ0) is 13.8. The summed E-state index contributed by atoms with van der Waals surface area (Å²) in [6.45, 7) is 5.97. The maximum Gasteiger partial charge on any atom is 0.224 e. The molecule has 0 saturated carbocycles. The Hall–Kier alpha value is -1.75. The second-order valence-corrected chi connectivity index (χ2v) is 5.54. The van der Waals surface area contributed by atoms with E-state index in [4.69, 9.17) is 0 Å². The lowest BCUT2D eigenvalue weighted by molar-refractivity contribution is -0.121. The van der Waals surface area contributed by atoms with Gasteiger partial charge in [-0.15, -0.1) is 21.5 Å². The second-order valence-electron chi connectivity index (χ2n) is 4.67. The van der Waals surface area contributed by atoms with Crippen LogP contribution in [0.2, 0.25) is 0 Å². The molecule has 19 heavy (non-hydrogen) atoms. The zero-order valence-electron chi connectivity index (χ0n) is 11.3. The van der Waals surface area contributed by atoms with E-state index < -0.39 is 0 Å². The summed E-state index contributed by atoms with van der Waals surface area (Å²) in [6.07, 6.45) is 0.399. The first-order valence-electron chi connectivity index (χ1n) is 6.18. The molecule has 0 spiro atoms. The van der Waals surface area contributed by atoms with Crippen LogP contribution in [0.5, 0.6) is 0 Å². The number of hydrogen-bond acceptors (Lipinski definition) is 4. The standard InChI is InChI=1S/C14H17N3OS/c1-9-4-5-10(2)12(6-9)7-13(18)16-11(3)14-17-15-8-19-14/h4-6,8,11H,7H2,1-3H3,(H,16,18). The number of nitrogens with one attached hydrogen (secondary N) is 1. The topological polar surface area (TPSA) is 54.9 Å². The van der Waals surface area contributed by atoms with E-state index in [0.29, 0.717) is 6.42 Å². The summed E-state index contributed by atoms with van der Waals surface area (Å²) in [4.78, 5) is 12.0. The highest BCUT2D eigenvalue weighted by atomic mass is 32.1. The van der Waals surface area contributed by atoms with E-state index in [9.17, 15) is 4.79 Å². The molecule has 0 fully saturated rings. The lowest BCUT2D eigenvalue weighted by Crippen LogP contribution is -2.28. The Bertz CT molecular complexity index is 566. The van der Waals surface area contributed by atoms with Crippen molar-refractivity contribution in [3.05, 3.63) is 45.4 Å². The van der Waals surface area contributed by atoms with Crippen LogP contribution in [0.25, 0.3) is 0 Å². The number of rotatable bonds is 4. The molecule has 100 valence electrons. The zero-order valence-corrected chi connectivity index (χ0v) is 12.1. The Labute approximate surface area is 116 Å². The number of aromatic nitrogens is 2. The molecule has 0 aliphatic heterocycles. The van der Waals surface area contributed by atoms with Crippen LogP contribution < -0.4 is 5.32 Å². The van der Waals surface area contributed by atoms with Gasteiger partial charge in [-0.05, 0) is 31.9 Å². The van der Waals surface area contributed by atoms with Crippen molar-refractivity contribution in [3.63, 3.8) is 0 Å². The van der Waals surface area contributed by atoms with Crippen LogP contribution in [-0.4, -0.2) is 16.1 Å². The smallest absolute Gasteiger partial charge is 0.224 e. The van der Waals surface area contributed by atoms with Crippen molar-refractivity contribution in [2.24, 2.45) is 0 Å². The van der Waals surface area contributed by atoms with E-state index in [1.54, 1.807) is 5.51 Å². The molecule has 0 bridgehead atoms. The lowest BCUT2D eigenvalue weighted by atomic mass is 10.0. The Morgan fingerprint density at radius 1 is 1.42 bits per heavy atom. The summed E-state index contributed by atoms with van der Waals surface area (Å²) in [5.74, 6) is 0.0106. The second kappa shape index (κ2) is 5.93. The number of carbonyl (C=O) groups excluding carboxylic acids is 1. The molecule has 1 amide bonds. The van der Waals surface area contributed by atoms with Crippen LogP contribution in [0.3, 0.4) is 0 Å². The number of carbonyl (C=O) groups is 1. The first-order chi connectivity index (χ1) is 9.06. The lowest BCUT2D eigenvalue weighted by Gasteiger charge is -2.12. The Morgan fingerprint density at radius 2 is 2.21 bits per heavy atom. The van der Waals surface area contributed by atoms with Crippen LogP contribution >= 0.6 is 11.3 Å². The minimum absolute atomic E-state index is 0.0106. The van der Waals surface area contributed by atoms with E-state index in [-0.39, 0.29) is 11.9 Å². The van der Waals surface area contributed by atoms with Crippen molar-refractivity contribution in [1.82, 2.24) is 15.5 Å². The number of amides is 1. The SMILES string of the molecule is Cc1ccc(C)c(CC(=O)NC(C)c2nncs2)c1. The molecule has 5 heteroatoms. The van der Waals surface area contributed by atoms with Gasteiger partial charge in [-0.3, -0.25) is 4.79 Å². The predicted octanol–water partition coefficient (Wildman–Crippen LogP) is 2.57. The highest BCUT2D eigenvalue weighted by Crippen LogP contribution is 2.15. The van der Waals surface area contributed by atoms with Gasteiger partial charge in [0.25, 0.3) is 0 Å². The van der Waals surface area contributed by atoms with Gasteiger partial charge in [0.1, 0.15) is 10.5 Å².